The summed E-state index contributed by atoms with van der Waals surface area (Å²) in [5.41, 5.74) is 1.36. The average Bonchev–Trinajstić information content (AvgIpc) is 3.22. The Morgan fingerprint density at radius 2 is 1.79 bits per heavy atom. The third-order valence-electron chi connectivity index (χ3n) is 5.40. The van der Waals surface area contributed by atoms with Crippen molar-refractivity contribution in [3.63, 3.8) is 0 Å². The zero-order valence-electron chi connectivity index (χ0n) is 17.8. The highest BCUT2D eigenvalue weighted by Gasteiger charge is 2.18. The molecule has 0 spiro atoms. The fourth-order valence-electron chi connectivity index (χ4n) is 3.97. The number of aromatic amines is 1. The van der Waals surface area contributed by atoms with Crippen LogP contribution in [0.5, 0.6) is 0 Å². The van der Waals surface area contributed by atoms with Gasteiger partial charge in [-0.05, 0) is 61.0 Å². The van der Waals surface area contributed by atoms with E-state index in [9.17, 15) is 14.8 Å². The molecule has 0 amide bonds. The Hall–Kier alpha value is -3.90. The number of fused-ring (bicyclic) bond motifs is 6. The molecular weight excluding hydrogens is 437 g/mol. The molecular formula is C27H17ClFN3O. The largest absolute Gasteiger partial charge is 0.378 e. The summed E-state index contributed by atoms with van der Waals surface area (Å²) in [7, 11) is 0. The molecule has 4 aromatic carbocycles. The Kier molecular flexibility index (Phi) is 4.83. The standard InChI is InChI=1S/C27H17ClFN3O/c1-27(2,33)11-10-15-6-8-18-20(12-15)21-13-17(28)7-9-19(21)25-24(18)31-26(32-25)23-16(14-30)4-3-5-22(23)29/h3-9,12-13,33H,1-2H3,(H,31,32). The van der Waals surface area contributed by atoms with Gasteiger partial charge in [-0.15, -0.1) is 0 Å². The van der Waals surface area contributed by atoms with Crippen LogP contribution in [0.1, 0.15) is 25.0 Å². The minimum Gasteiger partial charge on any atom is -0.378 e. The second-order valence-corrected chi connectivity index (χ2v) is 8.78. The normalized spacial score (nSPS) is 11.5. The van der Waals surface area contributed by atoms with Crippen molar-refractivity contribution in [3.8, 4) is 29.3 Å². The second kappa shape index (κ2) is 7.60. The lowest BCUT2D eigenvalue weighted by atomic mass is 9.98. The number of aliphatic hydroxyl groups is 1. The van der Waals surface area contributed by atoms with E-state index >= 15 is 0 Å². The lowest BCUT2D eigenvalue weighted by Crippen LogP contribution is -2.14. The molecule has 1 heterocycles. The summed E-state index contributed by atoms with van der Waals surface area (Å²) >= 11 is 6.32. The molecule has 160 valence electrons. The highest BCUT2D eigenvalue weighted by atomic mass is 35.5. The van der Waals surface area contributed by atoms with Crippen molar-refractivity contribution in [1.82, 2.24) is 9.97 Å². The van der Waals surface area contributed by atoms with E-state index in [0.717, 1.165) is 32.6 Å². The number of aromatic nitrogens is 2. The van der Waals surface area contributed by atoms with Gasteiger partial charge in [0.25, 0.3) is 0 Å². The van der Waals surface area contributed by atoms with Gasteiger partial charge in [0.15, 0.2) is 0 Å². The summed E-state index contributed by atoms with van der Waals surface area (Å²) in [5.74, 6) is 5.61. The van der Waals surface area contributed by atoms with Crippen LogP contribution in [-0.2, 0) is 0 Å². The number of rotatable bonds is 1. The SMILES string of the molecule is CC(C)(O)C#Cc1ccc2c(c1)c1cc(Cl)ccc1c1nc(-c3c(F)cccc3C#N)[nH]c21. The van der Waals surface area contributed by atoms with Crippen molar-refractivity contribution in [2.75, 3.05) is 0 Å². The van der Waals surface area contributed by atoms with Crippen molar-refractivity contribution >= 4 is 44.2 Å². The number of halogens is 2. The van der Waals surface area contributed by atoms with E-state index in [4.69, 9.17) is 16.6 Å². The minimum atomic E-state index is -1.11. The van der Waals surface area contributed by atoms with Gasteiger partial charge >= 0.3 is 0 Å². The molecule has 5 aromatic rings. The van der Waals surface area contributed by atoms with Gasteiger partial charge < -0.3 is 10.1 Å². The number of nitrogens with one attached hydrogen (secondary N) is 1. The fraction of sp³-hybridized carbons (Fsp3) is 0.111. The van der Waals surface area contributed by atoms with Crippen LogP contribution in [0, 0.1) is 29.0 Å². The molecule has 5 rings (SSSR count). The van der Waals surface area contributed by atoms with E-state index in [1.54, 1.807) is 26.0 Å². The lowest BCUT2D eigenvalue weighted by Gasteiger charge is -2.08. The molecule has 33 heavy (non-hydrogen) atoms. The van der Waals surface area contributed by atoms with Crippen LogP contribution in [-0.4, -0.2) is 20.7 Å². The molecule has 0 atom stereocenters. The maximum Gasteiger partial charge on any atom is 0.142 e. The van der Waals surface area contributed by atoms with Crippen LogP contribution in [0.15, 0.2) is 54.6 Å². The second-order valence-electron chi connectivity index (χ2n) is 8.34. The number of H-pyrrole nitrogens is 1. The lowest BCUT2D eigenvalue weighted by molar-refractivity contribution is 0.143. The predicted octanol–water partition coefficient (Wildman–Crippen LogP) is 6.32. The molecule has 0 fully saturated rings. The molecule has 0 aliphatic carbocycles. The summed E-state index contributed by atoms with van der Waals surface area (Å²) < 4.78 is 14.7. The Balaban J connectivity index is 1.87. The summed E-state index contributed by atoms with van der Waals surface area (Å²) in [4.78, 5) is 7.94. The van der Waals surface area contributed by atoms with E-state index in [1.165, 1.54) is 12.1 Å². The zero-order valence-corrected chi connectivity index (χ0v) is 18.5. The molecule has 0 saturated heterocycles. The van der Waals surface area contributed by atoms with Gasteiger partial charge in [-0.3, -0.25) is 0 Å². The van der Waals surface area contributed by atoms with Gasteiger partial charge in [0, 0.05) is 21.4 Å². The van der Waals surface area contributed by atoms with Gasteiger partial charge in [0.1, 0.15) is 17.2 Å². The van der Waals surface area contributed by atoms with Gasteiger partial charge in [-0.2, -0.15) is 5.26 Å². The van der Waals surface area contributed by atoms with E-state index in [0.29, 0.717) is 10.5 Å². The molecule has 0 saturated carbocycles. The Bertz CT molecular complexity index is 1690. The number of hydrogen-bond acceptors (Lipinski definition) is 3. The third-order valence-corrected chi connectivity index (χ3v) is 5.64. The van der Waals surface area contributed by atoms with E-state index in [-0.39, 0.29) is 17.0 Å². The quantitative estimate of drug-likeness (QED) is 0.230. The first kappa shape index (κ1) is 21.0. The van der Waals surface area contributed by atoms with Crippen molar-refractivity contribution in [2.24, 2.45) is 0 Å². The number of nitrogens with zero attached hydrogens (tertiary/aromatic N) is 2. The summed E-state index contributed by atoms with van der Waals surface area (Å²) in [5, 5.41) is 23.5. The number of hydrogen-bond donors (Lipinski definition) is 2. The van der Waals surface area contributed by atoms with Crippen LogP contribution >= 0.6 is 11.6 Å². The Morgan fingerprint density at radius 3 is 2.55 bits per heavy atom. The van der Waals surface area contributed by atoms with Crippen LogP contribution in [0.3, 0.4) is 0 Å². The average molecular weight is 454 g/mol. The maximum absolute atomic E-state index is 14.7. The molecule has 0 aliphatic rings. The van der Waals surface area contributed by atoms with Crippen LogP contribution in [0.2, 0.25) is 5.02 Å². The van der Waals surface area contributed by atoms with Gasteiger partial charge in [-0.1, -0.05) is 41.6 Å². The van der Waals surface area contributed by atoms with Crippen molar-refractivity contribution in [3.05, 3.63) is 76.6 Å². The highest BCUT2D eigenvalue weighted by Crippen LogP contribution is 2.37. The number of benzene rings is 4. The predicted molar refractivity (Wildman–Crippen MR) is 129 cm³/mol. The minimum absolute atomic E-state index is 0.138. The molecule has 0 radical (unpaired) electrons. The summed E-state index contributed by atoms with van der Waals surface area (Å²) in [6, 6.07) is 17.7. The van der Waals surface area contributed by atoms with Crippen molar-refractivity contribution in [1.29, 1.82) is 5.26 Å². The van der Waals surface area contributed by atoms with Crippen LogP contribution in [0.4, 0.5) is 4.39 Å². The van der Waals surface area contributed by atoms with E-state index in [1.807, 2.05) is 36.4 Å². The third kappa shape index (κ3) is 3.68. The van der Waals surface area contributed by atoms with Gasteiger partial charge in [0.05, 0.1) is 28.2 Å². The number of nitriles is 1. The molecule has 0 bridgehead atoms. The first-order valence-corrected chi connectivity index (χ1v) is 10.6. The Morgan fingerprint density at radius 1 is 1.03 bits per heavy atom. The molecule has 0 aliphatic heterocycles. The Labute approximate surface area is 194 Å². The van der Waals surface area contributed by atoms with Gasteiger partial charge in [-0.25, -0.2) is 9.37 Å². The zero-order chi connectivity index (χ0) is 23.3. The van der Waals surface area contributed by atoms with E-state index < -0.39 is 11.4 Å². The molecule has 0 unspecified atom stereocenters. The first-order valence-electron chi connectivity index (χ1n) is 10.2. The highest BCUT2D eigenvalue weighted by molar-refractivity contribution is 6.33. The molecule has 1 aromatic heterocycles. The van der Waals surface area contributed by atoms with Crippen molar-refractivity contribution < 1.29 is 9.50 Å². The smallest absolute Gasteiger partial charge is 0.142 e. The first-order chi connectivity index (χ1) is 15.7. The summed E-state index contributed by atoms with van der Waals surface area (Å²) in [6.45, 7) is 3.26. The van der Waals surface area contributed by atoms with Crippen LogP contribution in [0.25, 0.3) is 44.0 Å². The van der Waals surface area contributed by atoms with E-state index in [2.05, 4.69) is 16.8 Å². The topological polar surface area (TPSA) is 72.7 Å². The molecule has 4 nitrogen and oxygen atoms in total. The monoisotopic (exact) mass is 453 g/mol. The van der Waals surface area contributed by atoms with Crippen molar-refractivity contribution in [2.45, 2.75) is 19.4 Å². The molecule has 2 N–H and O–H groups in total. The number of imidazole rings is 1. The maximum atomic E-state index is 14.7. The van der Waals surface area contributed by atoms with Crippen LogP contribution < -0.4 is 0 Å². The molecule has 6 heteroatoms. The fourth-order valence-corrected chi connectivity index (χ4v) is 4.15. The summed E-state index contributed by atoms with van der Waals surface area (Å²) in [6.07, 6.45) is 0. The van der Waals surface area contributed by atoms with Gasteiger partial charge in [0.2, 0.25) is 0 Å².